The summed E-state index contributed by atoms with van der Waals surface area (Å²) in [4.78, 5) is 6.57. The Balaban J connectivity index is 1.73. The summed E-state index contributed by atoms with van der Waals surface area (Å²) in [6, 6.07) is 0. The number of hydrogen-bond acceptors (Lipinski definition) is 5. The summed E-state index contributed by atoms with van der Waals surface area (Å²) >= 11 is 0. The van der Waals surface area contributed by atoms with E-state index in [1.165, 1.54) is 0 Å². The Hall–Kier alpha value is -1.73. The van der Waals surface area contributed by atoms with Crippen LogP contribution in [-0.2, 0) is 26.7 Å². The summed E-state index contributed by atoms with van der Waals surface area (Å²) in [6.45, 7) is 6.54. The van der Waals surface area contributed by atoms with E-state index in [2.05, 4.69) is 39.5 Å². The second-order valence-electron chi connectivity index (χ2n) is 5.34. The fourth-order valence-electron chi connectivity index (χ4n) is 2.06. The Morgan fingerprint density at radius 1 is 1.38 bits per heavy atom. The molecule has 0 atom stereocenters. The van der Waals surface area contributed by atoms with Crippen LogP contribution in [0, 0.1) is 0 Å². The second kappa shape index (κ2) is 7.90. The molecule has 0 saturated carbocycles. The van der Waals surface area contributed by atoms with Gasteiger partial charge in [0.15, 0.2) is 0 Å². The molecule has 0 fully saturated rings. The zero-order valence-corrected chi connectivity index (χ0v) is 13.2. The number of likely N-dealkylation sites (N-methyl/N-ethyl adjacent to an activating group) is 1. The van der Waals surface area contributed by atoms with Crippen molar-refractivity contribution in [2.45, 2.75) is 33.0 Å². The van der Waals surface area contributed by atoms with Crippen LogP contribution in [0.4, 0.5) is 0 Å². The van der Waals surface area contributed by atoms with Crippen LogP contribution in [0.1, 0.15) is 24.9 Å². The summed E-state index contributed by atoms with van der Waals surface area (Å²) in [6.07, 6.45) is 6.94. The van der Waals surface area contributed by atoms with E-state index in [4.69, 9.17) is 0 Å². The molecular formula is C14H25N7. The third-order valence-electron chi connectivity index (χ3n) is 3.36. The lowest BCUT2D eigenvalue weighted by Crippen LogP contribution is -2.24. The van der Waals surface area contributed by atoms with E-state index in [-0.39, 0.29) is 0 Å². The molecule has 0 unspecified atom stereocenters. The first kappa shape index (κ1) is 15.7. The molecule has 7 heteroatoms. The molecule has 0 spiro atoms. The molecule has 0 aliphatic rings. The highest BCUT2D eigenvalue weighted by Crippen LogP contribution is 2.00. The van der Waals surface area contributed by atoms with E-state index in [0.29, 0.717) is 0 Å². The second-order valence-corrected chi connectivity index (χ2v) is 5.34. The van der Waals surface area contributed by atoms with Crippen molar-refractivity contribution < 1.29 is 0 Å². The molecule has 0 bridgehead atoms. The van der Waals surface area contributed by atoms with Gasteiger partial charge in [-0.15, -0.1) is 5.10 Å². The van der Waals surface area contributed by atoms with Crippen LogP contribution in [0.5, 0.6) is 0 Å². The highest BCUT2D eigenvalue weighted by atomic mass is 15.4. The molecule has 0 aliphatic heterocycles. The van der Waals surface area contributed by atoms with E-state index < -0.39 is 0 Å². The summed E-state index contributed by atoms with van der Waals surface area (Å²) in [7, 11) is 4.11. The van der Waals surface area contributed by atoms with Crippen LogP contribution in [0.15, 0.2) is 18.6 Å². The summed E-state index contributed by atoms with van der Waals surface area (Å²) in [5.74, 6) is 1.07. The van der Waals surface area contributed by atoms with Crippen LogP contribution < -0.4 is 5.32 Å². The minimum absolute atomic E-state index is 0.789. The van der Waals surface area contributed by atoms with Gasteiger partial charge in [-0.05, 0) is 20.0 Å². The molecule has 21 heavy (non-hydrogen) atoms. The average molecular weight is 291 g/mol. The van der Waals surface area contributed by atoms with Crippen molar-refractivity contribution in [1.29, 1.82) is 0 Å². The lowest BCUT2D eigenvalue weighted by Gasteiger charge is -2.15. The topological polar surface area (TPSA) is 63.8 Å². The highest BCUT2D eigenvalue weighted by Gasteiger charge is 2.06. The third kappa shape index (κ3) is 4.95. The fourth-order valence-corrected chi connectivity index (χ4v) is 2.06. The van der Waals surface area contributed by atoms with Crippen LogP contribution in [-0.4, -0.2) is 49.6 Å². The molecule has 0 aromatic carbocycles. The average Bonchev–Trinajstić information content (AvgIpc) is 3.07. The number of nitrogens with zero attached hydrogens (tertiary/aromatic N) is 6. The number of aryl methyl sites for hydroxylation is 1. The van der Waals surface area contributed by atoms with Crippen molar-refractivity contribution in [3.63, 3.8) is 0 Å². The van der Waals surface area contributed by atoms with E-state index in [9.17, 15) is 0 Å². The predicted octanol–water partition coefficient (Wildman–Crippen LogP) is 0.643. The Morgan fingerprint density at radius 3 is 2.95 bits per heavy atom. The predicted molar refractivity (Wildman–Crippen MR) is 81.6 cm³/mol. The SMILES string of the molecule is CCCNCc1cn(CCN(C)Cc2nccn2C)nn1. The molecule has 0 amide bonds. The number of rotatable bonds is 9. The maximum Gasteiger partial charge on any atom is 0.122 e. The van der Waals surface area contributed by atoms with Crippen molar-refractivity contribution in [3.05, 3.63) is 30.1 Å². The fraction of sp³-hybridized carbons (Fsp3) is 0.643. The van der Waals surface area contributed by atoms with Gasteiger partial charge < -0.3 is 9.88 Å². The molecule has 116 valence electrons. The lowest BCUT2D eigenvalue weighted by atomic mass is 10.4. The standard InChI is InChI=1S/C14H25N7/c1-4-5-15-10-13-11-21(18-17-13)9-8-19(2)12-14-16-6-7-20(14)3/h6-7,11,15H,4-5,8-10,12H2,1-3H3. The molecule has 2 rings (SSSR count). The molecule has 1 N–H and O–H groups in total. The maximum atomic E-state index is 4.33. The van der Waals surface area contributed by atoms with Gasteiger partial charge in [-0.2, -0.15) is 0 Å². The normalized spacial score (nSPS) is 11.4. The van der Waals surface area contributed by atoms with Gasteiger partial charge in [-0.3, -0.25) is 9.58 Å². The smallest absolute Gasteiger partial charge is 0.122 e. The molecular weight excluding hydrogens is 266 g/mol. The molecule has 0 aliphatic carbocycles. The van der Waals surface area contributed by atoms with Gasteiger partial charge in [0.25, 0.3) is 0 Å². The first-order valence-corrected chi connectivity index (χ1v) is 7.43. The van der Waals surface area contributed by atoms with E-state index >= 15 is 0 Å². The summed E-state index contributed by atoms with van der Waals surface area (Å²) < 4.78 is 3.95. The number of imidazole rings is 1. The molecule has 2 aromatic heterocycles. The highest BCUT2D eigenvalue weighted by molar-refractivity contribution is 4.92. The van der Waals surface area contributed by atoms with Gasteiger partial charge in [0.2, 0.25) is 0 Å². The quantitative estimate of drug-likeness (QED) is 0.687. The van der Waals surface area contributed by atoms with Gasteiger partial charge in [-0.1, -0.05) is 12.1 Å². The van der Waals surface area contributed by atoms with Crippen LogP contribution in [0.2, 0.25) is 0 Å². The number of hydrogen-bond donors (Lipinski definition) is 1. The largest absolute Gasteiger partial charge is 0.337 e. The van der Waals surface area contributed by atoms with Crippen LogP contribution in [0.3, 0.4) is 0 Å². The Bertz CT molecular complexity index is 531. The van der Waals surface area contributed by atoms with Crippen LogP contribution in [0.25, 0.3) is 0 Å². The van der Waals surface area contributed by atoms with Gasteiger partial charge in [0.1, 0.15) is 5.82 Å². The number of nitrogens with one attached hydrogen (secondary N) is 1. The van der Waals surface area contributed by atoms with Gasteiger partial charge in [0.05, 0.1) is 18.8 Å². The minimum Gasteiger partial charge on any atom is -0.337 e. The minimum atomic E-state index is 0.789. The van der Waals surface area contributed by atoms with Crippen molar-refractivity contribution in [2.24, 2.45) is 7.05 Å². The van der Waals surface area contributed by atoms with E-state index in [1.807, 2.05) is 34.9 Å². The first-order valence-electron chi connectivity index (χ1n) is 7.43. The van der Waals surface area contributed by atoms with Crippen molar-refractivity contribution >= 4 is 0 Å². The Labute approximate surface area is 126 Å². The monoisotopic (exact) mass is 291 g/mol. The molecule has 0 radical (unpaired) electrons. The summed E-state index contributed by atoms with van der Waals surface area (Å²) in [5, 5.41) is 11.7. The van der Waals surface area contributed by atoms with Gasteiger partial charge in [-0.25, -0.2) is 4.98 Å². The number of aromatic nitrogens is 5. The summed E-state index contributed by atoms with van der Waals surface area (Å²) in [5.41, 5.74) is 0.996. The van der Waals surface area contributed by atoms with Crippen molar-refractivity contribution in [1.82, 2.24) is 34.8 Å². The maximum absolute atomic E-state index is 4.33. The van der Waals surface area contributed by atoms with E-state index in [0.717, 1.165) is 50.7 Å². The van der Waals surface area contributed by atoms with Crippen molar-refractivity contribution in [2.75, 3.05) is 20.1 Å². The first-order chi connectivity index (χ1) is 10.2. The molecule has 2 aromatic rings. The van der Waals surface area contributed by atoms with Crippen LogP contribution >= 0.6 is 0 Å². The van der Waals surface area contributed by atoms with Gasteiger partial charge >= 0.3 is 0 Å². The Morgan fingerprint density at radius 2 is 2.24 bits per heavy atom. The lowest BCUT2D eigenvalue weighted by molar-refractivity contribution is 0.294. The Kier molecular flexibility index (Phi) is 5.89. The molecule has 2 heterocycles. The zero-order valence-electron chi connectivity index (χ0n) is 13.2. The van der Waals surface area contributed by atoms with Gasteiger partial charge in [0, 0.05) is 38.7 Å². The van der Waals surface area contributed by atoms with E-state index in [1.54, 1.807) is 0 Å². The van der Waals surface area contributed by atoms with Crippen molar-refractivity contribution in [3.8, 4) is 0 Å². The molecule has 7 nitrogen and oxygen atoms in total. The third-order valence-corrected chi connectivity index (χ3v) is 3.36. The zero-order chi connectivity index (χ0) is 15.1. The molecule has 0 saturated heterocycles.